The van der Waals surface area contributed by atoms with Crippen molar-refractivity contribution >= 4 is 17.3 Å². The number of rotatable bonds is 6. The molecule has 1 aromatic carbocycles. The molecule has 0 saturated carbocycles. The van der Waals surface area contributed by atoms with E-state index in [2.05, 4.69) is 27.3 Å². The molecular weight excluding hydrogens is 318 g/mol. The molecule has 132 valence electrons. The highest BCUT2D eigenvalue weighted by atomic mass is 16.5. The monoisotopic (exact) mass is 341 g/mol. The first kappa shape index (κ1) is 17.2. The van der Waals surface area contributed by atoms with Gasteiger partial charge in [0.15, 0.2) is 0 Å². The van der Waals surface area contributed by atoms with Gasteiger partial charge >= 0.3 is 5.97 Å². The molecular formula is C19H23N3O3. The van der Waals surface area contributed by atoms with Crippen molar-refractivity contribution in [2.45, 2.75) is 13.5 Å². The minimum absolute atomic E-state index is 0.340. The molecule has 2 aromatic rings. The minimum atomic E-state index is -0.362. The van der Waals surface area contributed by atoms with Crippen molar-refractivity contribution in [2.24, 2.45) is 0 Å². The van der Waals surface area contributed by atoms with Crippen LogP contribution in [0.15, 0.2) is 42.7 Å². The van der Waals surface area contributed by atoms with Crippen LogP contribution < -0.4 is 10.2 Å². The van der Waals surface area contributed by atoms with Gasteiger partial charge in [0.2, 0.25) is 0 Å². The second kappa shape index (κ2) is 8.48. The van der Waals surface area contributed by atoms with Crippen molar-refractivity contribution in [3.63, 3.8) is 0 Å². The summed E-state index contributed by atoms with van der Waals surface area (Å²) in [7, 11) is 0. The Morgan fingerprint density at radius 1 is 1.28 bits per heavy atom. The van der Waals surface area contributed by atoms with Crippen LogP contribution in [0.2, 0.25) is 0 Å². The van der Waals surface area contributed by atoms with Gasteiger partial charge < -0.3 is 19.7 Å². The second-order valence-electron chi connectivity index (χ2n) is 5.72. The highest BCUT2D eigenvalue weighted by molar-refractivity contribution is 5.95. The van der Waals surface area contributed by atoms with Gasteiger partial charge in [0.05, 0.1) is 25.5 Å². The normalized spacial score (nSPS) is 14.2. The molecule has 0 aliphatic carbocycles. The van der Waals surface area contributed by atoms with Gasteiger partial charge in [0.25, 0.3) is 0 Å². The highest BCUT2D eigenvalue weighted by Gasteiger charge is 2.16. The first-order valence-corrected chi connectivity index (χ1v) is 8.55. The van der Waals surface area contributed by atoms with Gasteiger partial charge in [0.1, 0.15) is 5.56 Å². The molecule has 0 unspecified atom stereocenters. The zero-order valence-corrected chi connectivity index (χ0v) is 14.4. The number of hydrogen-bond acceptors (Lipinski definition) is 6. The summed E-state index contributed by atoms with van der Waals surface area (Å²) >= 11 is 0. The summed E-state index contributed by atoms with van der Waals surface area (Å²) in [5.74, 6) is -0.362. The van der Waals surface area contributed by atoms with Crippen LogP contribution in [0, 0.1) is 0 Å². The number of carbonyl (C=O) groups excluding carboxylic acids is 1. The van der Waals surface area contributed by atoms with E-state index in [1.54, 1.807) is 19.2 Å². The third kappa shape index (κ3) is 4.28. The lowest BCUT2D eigenvalue weighted by Gasteiger charge is -2.30. The highest BCUT2D eigenvalue weighted by Crippen LogP contribution is 2.23. The number of nitrogens with one attached hydrogen (secondary N) is 1. The maximum Gasteiger partial charge on any atom is 0.341 e. The maximum absolute atomic E-state index is 12.1. The van der Waals surface area contributed by atoms with Gasteiger partial charge in [-0.25, -0.2) is 4.79 Å². The molecule has 1 aromatic heterocycles. The SMILES string of the molecule is CCOC(=O)c1cnccc1NCc1ccccc1N1CCOCC1. The molecule has 0 bridgehead atoms. The fraction of sp³-hybridized carbons (Fsp3) is 0.368. The Bertz CT molecular complexity index is 715. The van der Waals surface area contributed by atoms with E-state index in [1.807, 2.05) is 12.1 Å². The van der Waals surface area contributed by atoms with E-state index in [1.165, 1.54) is 17.4 Å². The summed E-state index contributed by atoms with van der Waals surface area (Å²) in [5.41, 5.74) is 3.56. The number of para-hydroxylation sites is 1. The third-order valence-corrected chi connectivity index (χ3v) is 4.13. The van der Waals surface area contributed by atoms with Crippen LogP contribution >= 0.6 is 0 Å². The van der Waals surface area contributed by atoms with Crippen LogP contribution in [-0.4, -0.2) is 43.9 Å². The number of carbonyl (C=O) groups is 1. The molecule has 0 radical (unpaired) electrons. The van der Waals surface area contributed by atoms with Crippen molar-refractivity contribution in [1.82, 2.24) is 4.98 Å². The van der Waals surface area contributed by atoms with Gasteiger partial charge in [-0.15, -0.1) is 0 Å². The quantitative estimate of drug-likeness (QED) is 0.815. The summed E-state index contributed by atoms with van der Waals surface area (Å²) in [6.45, 7) is 6.02. The molecule has 25 heavy (non-hydrogen) atoms. The number of anilines is 2. The molecule has 1 N–H and O–H groups in total. The van der Waals surface area contributed by atoms with Crippen LogP contribution in [0.3, 0.4) is 0 Å². The van der Waals surface area contributed by atoms with Gasteiger partial charge in [-0.1, -0.05) is 18.2 Å². The number of aromatic nitrogens is 1. The average molecular weight is 341 g/mol. The van der Waals surface area contributed by atoms with Gasteiger partial charge in [0, 0.05) is 37.7 Å². The van der Waals surface area contributed by atoms with E-state index < -0.39 is 0 Å². The van der Waals surface area contributed by atoms with Gasteiger partial charge in [-0.05, 0) is 24.6 Å². The molecule has 1 fully saturated rings. The van der Waals surface area contributed by atoms with E-state index in [-0.39, 0.29) is 5.97 Å². The number of ether oxygens (including phenoxy) is 2. The summed E-state index contributed by atoms with van der Waals surface area (Å²) < 4.78 is 10.5. The van der Waals surface area contributed by atoms with E-state index in [4.69, 9.17) is 9.47 Å². The van der Waals surface area contributed by atoms with E-state index in [0.29, 0.717) is 18.7 Å². The number of esters is 1. The molecule has 6 nitrogen and oxygen atoms in total. The number of morpholine rings is 1. The Hall–Kier alpha value is -2.60. The molecule has 3 rings (SSSR count). The molecule has 1 aliphatic heterocycles. The summed E-state index contributed by atoms with van der Waals surface area (Å²) in [5, 5.41) is 3.35. The zero-order chi connectivity index (χ0) is 17.5. The number of nitrogens with zero attached hydrogens (tertiary/aromatic N) is 2. The zero-order valence-electron chi connectivity index (χ0n) is 14.4. The van der Waals surface area contributed by atoms with Crippen LogP contribution in [0.4, 0.5) is 11.4 Å². The molecule has 2 heterocycles. The lowest BCUT2D eigenvalue weighted by Crippen LogP contribution is -2.36. The molecule has 1 saturated heterocycles. The van der Waals surface area contributed by atoms with Crippen LogP contribution in [0.1, 0.15) is 22.8 Å². The summed E-state index contributed by atoms with van der Waals surface area (Å²) in [6.07, 6.45) is 3.20. The topological polar surface area (TPSA) is 63.7 Å². The number of pyridine rings is 1. The smallest absolute Gasteiger partial charge is 0.341 e. The Kier molecular flexibility index (Phi) is 5.85. The minimum Gasteiger partial charge on any atom is -0.462 e. The Morgan fingerprint density at radius 3 is 2.88 bits per heavy atom. The van der Waals surface area contributed by atoms with E-state index in [0.717, 1.165) is 32.0 Å². The molecule has 0 atom stereocenters. The molecule has 6 heteroatoms. The predicted octanol–water partition coefficient (Wildman–Crippen LogP) is 2.71. The summed E-state index contributed by atoms with van der Waals surface area (Å²) in [4.78, 5) is 18.4. The third-order valence-electron chi connectivity index (χ3n) is 4.13. The van der Waals surface area contributed by atoms with Crippen molar-refractivity contribution < 1.29 is 14.3 Å². The van der Waals surface area contributed by atoms with Crippen LogP contribution in [0.25, 0.3) is 0 Å². The summed E-state index contributed by atoms with van der Waals surface area (Å²) in [6, 6.07) is 10.1. The Labute approximate surface area is 147 Å². The second-order valence-corrected chi connectivity index (χ2v) is 5.72. The molecule has 1 aliphatic rings. The molecule has 0 spiro atoms. The van der Waals surface area contributed by atoms with Crippen molar-refractivity contribution in [3.8, 4) is 0 Å². The Morgan fingerprint density at radius 2 is 2.08 bits per heavy atom. The standard InChI is InChI=1S/C19H23N3O3/c1-2-25-19(23)16-14-20-8-7-17(16)21-13-15-5-3-4-6-18(15)22-9-11-24-12-10-22/h3-8,14H,2,9-13H2,1H3,(H,20,21). The fourth-order valence-electron chi connectivity index (χ4n) is 2.88. The predicted molar refractivity (Wildman–Crippen MR) is 97.0 cm³/mol. The van der Waals surface area contributed by atoms with Crippen molar-refractivity contribution in [1.29, 1.82) is 0 Å². The van der Waals surface area contributed by atoms with Crippen LogP contribution in [-0.2, 0) is 16.0 Å². The van der Waals surface area contributed by atoms with E-state index >= 15 is 0 Å². The molecule has 0 amide bonds. The fourth-order valence-corrected chi connectivity index (χ4v) is 2.88. The Balaban J connectivity index is 1.75. The van der Waals surface area contributed by atoms with Gasteiger partial charge in [-0.3, -0.25) is 4.98 Å². The van der Waals surface area contributed by atoms with Gasteiger partial charge in [-0.2, -0.15) is 0 Å². The average Bonchev–Trinajstić information content (AvgIpc) is 2.68. The lowest BCUT2D eigenvalue weighted by molar-refractivity contribution is 0.0527. The van der Waals surface area contributed by atoms with Crippen molar-refractivity contribution in [3.05, 3.63) is 53.9 Å². The first-order chi connectivity index (χ1) is 12.3. The number of benzene rings is 1. The maximum atomic E-state index is 12.1. The number of hydrogen-bond donors (Lipinski definition) is 1. The van der Waals surface area contributed by atoms with Crippen LogP contribution in [0.5, 0.6) is 0 Å². The van der Waals surface area contributed by atoms with Crippen molar-refractivity contribution in [2.75, 3.05) is 43.1 Å². The van der Waals surface area contributed by atoms with E-state index in [9.17, 15) is 4.79 Å². The largest absolute Gasteiger partial charge is 0.462 e. The lowest BCUT2D eigenvalue weighted by atomic mass is 10.1. The first-order valence-electron chi connectivity index (χ1n) is 8.55.